The number of carbonyl (C=O) groups excluding carboxylic acids is 1. The first-order valence-electron chi connectivity index (χ1n) is 5.70. The first-order valence-corrected chi connectivity index (χ1v) is 5.70. The van der Waals surface area contributed by atoms with Crippen molar-refractivity contribution in [3.63, 3.8) is 0 Å². The summed E-state index contributed by atoms with van der Waals surface area (Å²) < 4.78 is 13.7. The van der Waals surface area contributed by atoms with Crippen molar-refractivity contribution < 1.29 is 9.18 Å². The maximum atomic E-state index is 13.7. The maximum Gasteiger partial charge on any atom is 0.250 e. The van der Waals surface area contributed by atoms with Crippen LogP contribution in [0.4, 0.5) is 21.5 Å². The van der Waals surface area contributed by atoms with Crippen LogP contribution in [0.2, 0.25) is 0 Å². The first-order chi connectivity index (χ1) is 8.97. The lowest BCUT2D eigenvalue weighted by Gasteiger charge is -2.12. The SMILES string of the molecule is Cc1ccc(F)c(Nc2ccc(N)cc2C(N)=O)c1. The molecule has 19 heavy (non-hydrogen) atoms. The van der Waals surface area contributed by atoms with Crippen molar-refractivity contribution >= 4 is 23.0 Å². The molecular formula is C14H14FN3O. The second-order valence-corrected chi connectivity index (χ2v) is 4.28. The molecule has 0 saturated heterocycles. The van der Waals surface area contributed by atoms with Crippen LogP contribution in [-0.2, 0) is 0 Å². The summed E-state index contributed by atoms with van der Waals surface area (Å²) >= 11 is 0. The number of nitrogen functional groups attached to an aromatic ring is 1. The Balaban J connectivity index is 2.43. The number of hydrogen-bond acceptors (Lipinski definition) is 3. The minimum absolute atomic E-state index is 0.223. The molecule has 2 aromatic carbocycles. The van der Waals surface area contributed by atoms with Crippen LogP contribution in [0.15, 0.2) is 36.4 Å². The molecule has 0 fully saturated rings. The van der Waals surface area contributed by atoms with Gasteiger partial charge in [0.25, 0.3) is 5.91 Å². The lowest BCUT2D eigenvalue weighted by Crippen LogP contribution is -2.14. The highest BCUT2D eigenvalue weighted by Crippen LogP contribution is 2.25. The maximum absolute atomic E-state index is 13.7. The Hall–Kier alpha value is -2.56. The third-order valence-corrected chi connectivity index (χ3v) is 2.70. The van der Waals surface area contributed by atoms with Crippen molar-refractivity contribution in [2.45, 2.75) is 6.92 Å². The van der Waals surface area contributed by atoms with E-state index in [1.54, 1.807) is 24.3 Å². The van der Waals surface area contributed by atoms with E-state index < -0.39 is 11.7 Å². The number of anilines is 3. The minimum atomic E-state index is -0.622. The molecule has 0 radical (unpaired) electrons. The van der Waals surface area contributed by atoms with Gasteiger partial charge in [0.2, 0.25) is 0 Å². The Kier molecular flexibility index (Phi) is 3.37. The van der Waals surface area contributed by atoms with Gasteiger partial charge in [-0.2, -0.15) is 0 Å². The van der Waals surface area contributed by atoms with Crippen molar-refractivity contribution in [2.75, 3.05) is 11.1 Å². The summed E-state index contributed by atoms with van der Waals surface area (Å²) in [5, 5.41) is 2.86. The summed E-state index contributed by atoms with van der Waals surface area (Å²) in [5.74, 6) is -1.03. The van der Waals surface area contributed by atoms with Gasteiger partial charge in [0.1, 0.15) is 5.82 Å². The molecule has 0 spiro atoms. The number of carbonyl (C=O) groups is 1. The number of primary amides is 1. The molecule has 0 aliphatic heterocycles. The van der Waals surface area contributed by atoms with Crippen LogP contribution in [0.5, 0.6) is 0 Å². The second-order valence-electron chi connectivity index (χ2n) is 4.28. The number of nitrogens with one attached hydrogen (secondary N) is 1. The van der Waals surface area contributed by atoms with Crippen LogP contribution < -0.4 is 16.8 Å². The van der Waals surface area contributed by atoms with Crippen LogP contribution in [0.25, 0.3) is 0 Å². The van der Waals surface area contributed by atoms with Crippen molar-refractivity contribution in [1.82, 2.24) is 0 Å². The third kappa shape index (κ3) is 2.82. The molecule has 2 rings (SSSR count). The summed E-state index contributed by atoms with van der Waals surface area (Å²) in [4.78, 5) is 11.3. The Bertz CT molecular complexity index is 641. The van der Waals surface area contributed by atoms with Gasteiger partial charge >= 0.3 is 0 Å². The molecule has 0 bridgehead atoms. The number of rotatable bonds is 3. The summed E-state index contributed by atoms with van der Waals surface area (Å²) in [5.41, 5.74) is 13.1. The summed E-state index contributed by atoms with van der Waals surface area (Å²) in [6.07, 6.45) is 0. The molecule has 0 aromatic heterocycles. The highest BCUT2D eigenvalue weighted by Gasteiger charge is 2.10. The van der Waals surface area contributed by atoms with Gasteiger partial charge in [0.05, 0.1) is 16.9 Å². The Morgan fingerprint density at radius 2 is 1.89 bits per heavy atom. The smallest absolute Gasteiger partial charge is 0.250 e. The molecule has 0 atom stereocenters. The molecule has 0 aliphatic rings. The molecule has 5 N–H and O–H groups in total. The van der Waals surface area contributed by atoms with E-state index >= 15 is 0 Å². The zero-order chi connectivity index (χ0) is 14.0. The summed E-state index contributed by atoms with van der Waals surface area (Å²) in [6, 6.07) is 9.34. The molecule has 4 nitrogen and oxygen atoms in total. The normalized spacial score (nSPS) is 10.2. The molecular weight excluding hydrogens is 245 g/mol. The van der Waals surface area contributed by atoms with E-state index in [1.807, 2.05) is 6.92 Å². The van der Waals surface area contributed by atoms with E-state index in [0.717, 1.165) is 5.56 Å². The van der Waals surface area contributed by atoms with Gasteiger partial charge in [-0.05, 0) is 42.8 Å². The predicted molar refractivity (Wildman–Crippen MR) is 73.8 cm³/mol. The highest BCUT2D eigenvalue weighted by molar-refractivity contribution is 6.00. The van der Waals surface area contributed by atoms with Crippen LogP contribution in [0, 0.1) is 12.7 Å². The Labute approximate surface area is 110 Å². The van der Waals surface area contributed by atoms with Gasteiger partial charge in [-0.3, -0.25) is 4.79 Å². The van der Waals surface area contributed by atoms with Gasteiger partial charge < -0.3 is 16.8 Å². The number of aryl methyl sites for hydroxylation is 1. The number of benzene rings is 2. The Morgan fingerprint density at radius 1 is 1.16 bits per heavy atom. The molecule has 0 aliphatic carbocycles. The first kappa shape index (κ1) is 12.9. The third-order valence-electron chi connectivity index (χ3n) is 2.70. The number of hydrogen-bond donors (Lipinski definition) is 3. The standard InChI is InChI=1S/C14H14FN3O/c1-8-2-4-11(15)13(6-8)18-12-5-3-9(16)7-10(12)14(17)19/h2-7,18H,16H2,1H3,(H2,17,19). The van der Waals surface area contributed by atoms with E-state index in [4.69, 9.17) is 11.5 Å². The fraction of sp³-hybridized carbons (Fsp3) is 0.0714. The lowest BCUT2D eigenvalue weighted by atomic mass is 10.1. The van der Waals surface area contributed by atoms with Crippen LogP contribution >= 0.6 is 0 Å². The molecule has 0 heterocycles. The van der Waals surface area contributed by atoms with Gasteiger partial charge in [0, 0.05) is 5.69 Å². The summed E-state index contributed by atoms with van der Waals surface area (Å²) in [7, 11) is 0. The molecule has 1 amide bonds. The lowest BCUT2D eigenvalue weighted by molar-refractivity contribution is 0.100. The zero-order valence-corrected chi connectivity index (χ0v) is 10.4. The fourth-order valence-corrected chi connectivity index (χ4v) is 1.75. The van der Waals surface area contributed by atoms with Gasteiger partial charge in [-0.25, -0.2) is 4.39 Å². The van der Waals surface area contributed by atoms with E-state index in [9.17, 15) is 9.18 Å². The van der Waals surface area contributed by atoms with Gasteiger partial charge in [-0.1, -0.05) is 6.07 Å². The summed E-state index contributed by atoms with van der Waals surface area (Å²) in [6.45, 7) is 1.85. The quantitative estimate of drug-likeness (QED) is 0.741. The molecule has 98 valence electrons. The average molecular weight is 259 g/mol. The molecule has 0 unspecified atom stereocenters. The van der Waals surface area contributed by atoms with Crippen LogP contribution in [0.3, 0.4) is 0 Å². The van der Waals surface area contributed by atoms with Crippen LogP contribution in [0.1, 0.15) is 15.9 Å². The monoisotopic (exact) mass is 259 g/mol. The highest BCUT2D eigenvalue weighted by atomic mass is 19.1. The van der Waals surface area contributed by atoms with Crippen LogP contribution in [-0.4, -0.2) is 5.91 Å². The topological polar surface area (TPSA) is 81.1 Å². The van der Waals surface area contributed by atoms with Crippen molar-refractivity contribution in [2.24, 2.45) is 5.73 Å². The van der Waals surface area contributed by atoms with E-state index in [-0.39, 0.29) is 11.3 Å². The van der Waals surface area contributed by atoms with Crippen molar-refractivity contribution in [3.05, 3.63) is 53.3 Å². The largest absolute Gasteiger partial charge is 0.399 e. The average Bonchev–Trinajstić information content (AvgIpc) is 2.35. The van der Waals surface area contributed by atoms with Crippen molar-refractivity contribution in [1.29, 1.82) is 0 Å². The van der Waals surface area contributed by atoms with E-state index in [1.165, 1.54) is 12.1 Å². The van der Waals surface area contributed by atoms with E-state index in [2.05, 4.69) is 5.32 Å². The second kappa shape index (κ2) is 4.97. The molecule has 0 saturated carbocycles. The van der Waals surface area contributed by atoms with Gasteiger partial charge in [0.15, 0.2) is 0 Å². The predicted octanol–water partition coefficient (Wildman–Crippen LogP) is 2.56. The number of amides is 1. The van der Waals surface area contributed by atoms with Gasteiger partial charge in [-0.15, -0.1) is 0 Å². The molecule has 2 aromatic rings. The fourth-order valence-electron chi connectivity index (χ4n) is 1.75. The molecule has 5 heteroatoms. The minimum Gasteiger partial charge on any atom is -0.399 e. The van der Waals surface area contributed by atoms with E-state index in [0.29, 0.717) is 11.4 Å². The number of nitrogens with two attached hydrogens (primary N) is 2. The van der Waals surface area contributed by atoms with Crippen molar-refractivity contribution in [3.8, 4) is 0 Å². The number of halogens is 1. The Morgan fingerprint density at radius 3 is 2.58 bits per heavy atom. The zero-order valence-electron chi connectivity index (χ0n) is 10.4.